The molecule has 0 aliphatic heterocycles. The summed E-state index contributed by atoms with van der Waals surface area (Å²) >= 11 is 0. The van der Waals surface area contributed by atoms with Crippen LogP contribution in [0.2, 0.25) is 0 Å². The van der Waals surface area contributed by atoms with Crippen LogP contribution in [0.25, 0.3) is 0 Å². The van der Waals surface area contributed by atoms with E-state index in [2.05, 4.69) is 0 Å². The fourth-order valence-electron chi connectivity index (χ4n) is 0.959. The molecule has 1 aromatic carbocycles. The van der Waals surface area contributed by atoms with E-state index in [1.165, 1.54) is 0 Å². The van der Waals surface area contributed by atoms with Gasteiger partial charge in [0.2, 0.25) is 0 Å². The highest BCUT2D eigenvalue weighted by Crippen LogP contribution is 2.23. The van der Waals surface area contributed by atoms with Gasteiger partial charge in [0, 0.05) is 12.1 Å². The summed E-state index contributed by atoms with van der Waals surface area (Å²) in [7, 11) is 0. The van der Waals surface area contributed by atoms with Gasteiger partial charge >= 0.3 is 0 Å². The first-order valence-electron chi connectivity index (χ1n) is 4.43. The zero-order chi connectivity index (χ0) is 10.6. The Morgan fingerprint density at radius 3 is 2.71 bits per heavy atom. The molecule has 0 aliphatic rings. The molecule has 14 heavy (non-hydrogen) atoms. The number of nitrogen functional groups attached to an aromatic ring is 2. The van der Waals surface area contributed by atoms with Crippen LogP contribution in [0.3, 0.4) is 0 Å². The van der Waals surface area contributed by atoms with Crippen LogP contribution >= 0.6 is 0 Å². The molecule has 4 N–H and O–H groups in total. The number of ether oxygens (including phenoxy) is 1. The molecule has 0 saturated carbocycles. The van der Waals surface area contributed by atoms with Gasteiger partial charge in [-0.1, -0.05) is 6.92 Å². The Kier molecular flexibility index (Phi) is 3.34. The lowest BCUT2D eigenvalue weighted by Gasteiger charge is -2.07. The lowest BCUT2D eigenvalue weighted by molar-refractivity contribution is -0.120. The van der Waals surface area contributed by atoms with Crippen molar-refractivity contribution in [3.63, 3.8) is 0 Å². The van der Waals surface area contributed by atoms with E-state index in [0.717, 1.165) is 0 Å². The second-order valence-corrected chi connectivity index (χ2v) is 2.98. The summed E-state index contributed by atoms with van der Waals surface area (Å²) in [5.74, 6) is 0.544. The van der Waals surface area contributed by atoms with Crippen LogP contribution in [0.15, 0.2) is 18.2 Å². The first kappa shape index (κ1) is 10.4. The van der Waals surface area contributed by atoms with Gasteiger partial charge in [-0.25, -0.2) is 0 Å². The minimum atomic E-state index is 0.0428. The topological polar surface area (TPSA) is 78.3 Å². The summed E-state index contributed by atoms with van der Waals surface area (Å²) in [6.07, 6.45) is 0.467. The zero-order valence-corrected chi connectivity index (χ0v) is 8.12. The van der Waals surface area contributed by atoms with E-state index in [1.54, 1.807) is 25.1 Å². The van der Waals surface area contributed by atoms with Gasteiger partial charge in [0.25, 0.3) is 0 Å². The highest BCUT2D eigenvalue weighted by molar-refractivity contribution is 5.79. The van der Waals surface area contributed by atoms with E-state index in [1.807, 2.05) is 0 Å². The predicted octanol–water partition coefficient (Wildman–Crippen LogP) is 1.21. The molecule has 0 radical (unpaired) electrons. The highest BCUT2D eigenvalue weighted by Gasteiger charge is 2.03. The second-order valence-electron chi connectivity index (χ2n) is 2.98. The normalized spacial score (nSPS) is 9.79. The van der Waals surface area contributed by atoms with E-state index in [4.69, 9.17) is 16.2 Å². The van der Waals surface area contributed by atoms with Gasteiger partial charge in [-0.2, -0.15) is 0 Å². The van der Waals surface area contributed by atoms with Crippen molar-refractivity contribution in [3.8, 4) is 5.75 Å². The number of Topliss-reactive ketones (excluding diaryl/α,β-unsaturated/α-hetero) is 1. The van der Waals surface area contributed by atoms with Gasteiger partial charge in [0.05, 0.1) is 5.69 Å². The van der Waals surface area contributed by atoms with Crippen molar-refractivity contribution in [1.29, 1.82) is 0 Å². The molecule has 1 aromatic rings. The minimum Gasteiger partial charge on any atom is -0.484 e. The molecule has 0 aliphatic carbocycles. The van der Waals surface area contributed by atoms with E-state index in [-0.39, 0.29) is 12.4 Å². The van der Waals surface area contributed by atoms with Crippen molar-refractivity contribution in [2.24, 2.45) is 0 Å². The maximum atomic E-state index is 11.0. The van der Waals surface area contributed by atoms with Gasteiger partial charge < -0.3 is 16.2 Å². The van der Waals surface area contributed by atoms with Crippen LogP contribution in [-0.2, 0) is 4.79 Å². The number of ketones is 1. The molecule has 0 aromatic heterocycles. The number of carbonyl (C=O) groups excluding carboxylic acids is 1. The first-order valence-corrected chi connectivity index (χ1v) is 4.43. The maximum Gasteiger partial charge on any atom is 0.169 e. The minimum absolute atomic E-state index is 0.0428. The number of benzene rings is 1. The van der Waals surface area contributed by atoms with Crippen LogP contribution in [0.1, 0.15) is 13.3 Å². The SMILES string of the molecule is CCC(=O)COc1ccc(N)cc1N. The van der Waals surface area contributed by atoms with Gasteiger partial charge in [-0.3, -0.25) is 4.79 Å². The Bertz CT molecular complexity index is 337. The van der Waals surface area contributed by atoms with Crippen LogP contribution in [-0.4, -0.2) is 12.4 Å². The first-order chi connectivity index (χ1) is 6.63. The molecule has 0 atom stereocenters. The number of anilines is 2. The number of hydrogen-bond donors (Lipinski definition) is 2. The third kappa shape index (κ3) is 2.65. The highest BCUT2D eigenvalue weighted by atomic mass is 16.5. The van der Waals surface area contributed by atoms with Gasteiger partial charge in [0.1, 0.15) is 12.4 Å². The molecular weight excluding hydrogens is 180 g/mol. The van der Waals surface area contributed by atoms with Gasteiger partial charge in [-0.15, -0.1) is 0 Å². The van der Waals surface area contributed by atoms with Crippen molar-refractivity contribution in [3.05, 3.63) is 18.2 Å². The van der Waals surface area contributed by atoms with Crippen LogP contribution < -0.4 is 16.2 Å². The average molecular weight is 194 g/mol. The summed E-state index contributed by atoms with van der Waals surface area (Å²) in [5, 5.41) is 0. The fraction of sp³-hybridized carbons (Fsp3) is 0.300. The third-order valence-corrected chi connectivity index (χ3v) is 1.82. The fourth-order valence-corrected chi connectivity index (χ4v) is 0.959. The summed E-state index contributed by atoms with van der Waals surface area (Å²) in [5.41, 5.74) is 12.2. The number of nitrogens with two attached hydrogens (primary N) is 2. The van der Waals surface area contributed by atoms with Gasteiger partial charge in [-0.05, 0) is 18.2 Å². The number of hydrogen-bond acceptors (Lipinski definition) is 4. The molecule has 0 amide bonds. The Balaban J connectivity index is 2.63. The zero-order valence-electron chi connectivity index (χ0n) is 8.12. The monoisotopic (exact) mass is 194 g/mol. The average Bonchev–Trinajstić information content (AvgIpc) is 2.16. The lowest BCUT2D eigenvalue weighted by Crippen LogP contribution is -2.10. The van der Waals surface area contributed by atoms with E-state index in [0.29, 0.717) is 23.5 Å². The summed E-state index contributed by atoms with van der Waals surface area (Å²) in [6, 6.07) is 4.95. The van der Waals surface area contributed by atoms with Crippen LogP contribution in [0.5, 0.6) is 5.75 Å². The second kappa shape index (κ2) is 4.50. The Morgan fingerprint density at radius 1 is 1.43 bits per heavy atom. The molecule has 76 valence electrons. The molecular formula is C10H14N2O2. The molecule has 0 heterocycles. The molecule has 0 spiro atoms. The molecule has 1 rings (SSSR count). The van der Waals surface area contributed by atoms with Crippen molar-refractivity contribution in [2.75, 3.05) is 18.1 Å². The molecule has 0 fully saturated rings. The summed E-state index contributed by atoms with van der Waals surface area (Å²) in [4.78, 5) is 11.0. The Labute approximate surface area is 82.8 Å². The standard InChI is InChI=1S/C10H14N2O2/c1-2-8(13)6-14-10-4-3-7(11)5-9(10)12/h3-5H,2,6,11-12H2,1H3. The molecule has 0 saturated heterocycles. The van der Waals surface area contributed by atoms with Crippen LogP contribution in [0.4, 0.5) is 11.4 Å². The van der Waals surface area contributed by atoms with Gasteiger partial charge in [0.15, 0.2) is 5.78 Å². The predicted molar refractivity (Wildman–Crippen MR) is 56.1 cm³/mol. The molecule has 4 nitrogen and oxygen atoms in total. The summed E-state index contributed by atoms with van der Waals surface area (Å²) in [6.45, 7) is 1.85. The van der Waals surface area contributed by atoms with E-state index >= 15 is 0 Å². The largest absolute Gasteiger partial charge is 0.484 e. The van der Waals surface area contributed by atoms with Crippen molar-refractivity contribution >= 4 is 17.2 Å². The maximum absolute atomic E-state index is 11.0. The molecule has 0 unspecified atom stereocenters. The van der Waals surface area contributed by atoms with Crippen LogP contribution in [0, 0.1) is 0 Å². The number of rotatable bonds is 4. The molecule has 4 heteroatoms. The third-order valence-electron chi connectivity index (χ3n) is 1.82. The van der Waals surface area contributed by atoms with E-state index < -0.39 is 0 Å². The lowest BCUT2D eigenvalue weighted by atomic mass is 10.2. The number of carbonyl (C=O) groups is 1. The van der Waals surface area contributed by atoms with Crippen molar-refractivity contribution in [1.82, 2.24) is 0 Å². The van der Waals surface area contributed by atoms with E-state index in [9.17, 15) is 4.79 Å². The van der Waals surface area contributed by atoms with Crippen molar-refractivity contribution in [2.45, 2.75) is 13.3 Å². The summed E-state index contributed by atoms with van der Waals surface area (Å²) < 4.78 is 5.21. The molecule has 0 bridgehead atoms. The smallest absolute Gasteiger partial charge is 0.169 e. The Morgan fingerprint density at radius 2 is 2.14 bits per heavy atom. The van der Waals surface area contributed by atoms with Crippen molar-refractivity contribution < 1.29 is 9.53 Å². The quantitative estimate of drug-likeness (QED) is 0.706. The Hall–Kier alpha value is -1.71.